The van der Waals surface area contributed by atoms with Crippen molar-refractivity contribution in [2.24, 2.45) is 0 Å². The average Bonchev–Trinajstić information content (AvgIpc) is 2.65. The lowest BCUT2D eigenvalue weighted by atomic mass is 10.3. The van der Waals surface area contributed by atoms with E-state index in [4.69, 9.17) is 27.9 Å². The van der Waals surface area contributed by atoms with Crippen LogP contribution >= 0.6 is 23.2 Å². The number of hydrogen-bond donors (Lipinski definition) is 1. The number of benzene rings is 2. The third-order valence-electron chi connectivity index (χ3n) is 4.51. The summed E-state index contributed by atoms with van der Waals surface area (Å²) in [7, 11) is 0. The van der Waals surface area contributed by atoms with Gasteiger partial charge in [0.2, 0.25) is 5.91 Å². The van der Waals surface area contributed by atoms with Gasteiger partial charge < -0.3 is 10.1 Å². The van der Waals surface area contributed by atoms with E-state index >= 15 is 0 Å². The fraction of sp³-hybridized carbons (Fsp3) is 0.350. The number of carbonyl (C=O) groups is 1. The zero-order valence-electron chi connectivity index (χ0n) is 15.3. The lowest BCUT2D eigenvalue weighted by Crippen LogP contribution is -2.49. The fourth-order valence-electron chi connectivity index (χ4n) is 3.04. The van der Waals surface area contributed by atoms with Crippen molar-refractivity contribution < 1.29 is 13.9 Å². The van der Waals surface area contributed by atoms with Gasteiger partial charge in [-0.25, -0.2) is 4.39 Å². The summed E-state index contributed by atoms with van der Waals surface area (Å²) in [5.41, 5.74) is 0.471. The van der Waals surface area contributed by atoms with Gasteiger partial charge in [-0.1, -0.05) is 35.3 Å². The summed E-state index contributed by atoms with van der Waals surface area (Å²) >= 11 is 12.2. The van der Waals surface area contributed by atoms with E-state index < -0.39 is 0 Å². The average molecular weight is 426 g/mol. The number of amides is 1. The number of nitrogens with zero attached hydrogens (tertiary/aromatic N) is 2. The molecule has 0 radical (unpaired) electrons. The van der Waals surface area contributed by atoms with Crippen LogP contribution in [0.1, 0.15) is 0 Å². The molecule has 0 aliphatic carbocycles. The molecule has 3 rings (SSSR count). The van der Waals surface area contributed by atoms with Gasteiger partial charge in [0.05, 0.1) is 16.6 Å². The smallest absolute Gasteiger partial charge is 0.238 e. The summed E-state index contributed by atoms with van der Waals surface area (Å²) in [5, 5.41) is 3.73. The van der Waals surface area contributed by atoms with Crippen LogP contribution in [0.2, 0.25) is 10.0 Å². The van der Waals surface area contributed by atoms with E-state index in [9.17, 15) is 9.18 Å². The number of nitrogens with one attached hydrogen (secondary N) is 1. The Kier molecular flexibility index (Phi) is 7.50. The van der Waals surface area contributed by atoms with Gasteiger partial charge >= 0.3 is 0 Å². The number of carbonyl (C=O) groups excluding carboxylic acids is 1. The minimum atomic E-state index is -0.369. The minimum absolute atomic E-state index is 0.143. The Morgan fingerprint density at radius 3 is 2.36 bits per heavy atom. The molecular formula is C20H22Cl2FN3O2. The molecule has 0 saturated carbocycles. The van der Waals surface area contributed by atoms with Crippen molar-refractivity contribution in [1.82, 2.24) is 9.80 Å². The standard InChI is InChI=1S/C20H22Cl2FN3O2/c21-17-5-2-6-18(22)20(17)28-12-11-25-7-9-26(10-8-25)14-19(27)24-16-4-1-3-15(23)13-16/h1-6,13H,7-12,14H2,(H,24,27). The number of hydrogen-bond acceptors (Lipinski definition) is 4. The predicted molar refractivity (Wildman–Crippen MR) is 110 cm³/mol. The SMILES string of the molecule is O=C(CN1CCN(CCOc2c(Cl)cccc2Cl)CC1)Nc1cccc(F)c1. The molecule has 1 aliphatic rings. The van der Waals surface area contributed by atoms with E-state index in [1.165, 1.54) is 12.1 Å². The molecule has 28 heavy (non-hydrogen) atoms. The molecule has 1 saturated heterocycles. The maximum atomic E-state index is 13.2. The lowest BCUT2D eigenvalue weighted by molar-refractivity contribution is -0.117. The molecule has 0 bridgehead atoms. The number of rotatable bonds is 7. The Labute approximate surface area is 174 Å². The second-order valence-electron chi connectivity index (χ2n) is 6.58. The summed E-state index contributed by atoms with van der Waals surface area (Å²) in [5.74, 6) is 0.000875. The quantitative estimate of drug-likeness (QED) is 0.733. The second kappa shape index (κ2) is 10.1. The van der Waals surface area contributed by atoms with Crippen molar-refractivity contribution in [3.63, 3.8) is 0 Å². The zero-order chi connectivity index (χ0) is 19.9. The molecule has 0 spiro atoms. The van der Waals surface area contributed by atoms with Crippen LogP contribution in [-0.4, -0.2) is 61.6 Å². The first-order valence-corrected chi connectivity index (χ1v) is 9.84. The van der Waals surface area contributed by atoms with Crippen LogP contribution < -0.4 is 10.1 Å². The van der Waals surface area contributed by atoms with E-state index in [0.717, 1.165) is 32.7 Å². The summed E-state index contributed by atoms with van der Waals surface area (Å²) in [6, 6.07) is 11.2. The summed E-state index contributed by atoms with van der Waals surface area (Å²) in [6.07, 6.45) is 0. The number of anilines is 1. The van der Waals surface area contributed by atoms with Crippen LogP contribution in [0, 0.1) is 5.82 Å². The summed E-state index contributed by atoms with van der Waals surface area (Å²) in [4.78, 5) is 16.5. The predicted octanol–water partition coefficient (Wildman–Crippen LogP) is 3.77. The number of piperazine rings is 1. The van der Waals surface area contributed by atoms with Gasteiger partial charge in [-0.3, -0.25) is 14.6 Å². The van der Waals surface area contributed by atoms with Crippen LogP contribution in [0.4, 0.5) is 10.1 Å². The molecule has 1 fully saturated rings. The van der Waals surface area contributed by atoms with E-state index in [2.05, 4.69) is 15.1 Å². The molecular weight excluding hydrogens is 404 g/mol. The van der Waals surface area contributed by atoms with Crippen LogP contribution in [0.5, 0.6) is 5.75 Å². The fourth-order valence-corrected chi connectivity index (χ4v) is 3.54. The molecule has 8 heteroatoms. The molecule has 1 aliphatic heterocycles. The Morgan fingerprint density at radius 2 is 1.68 bits per heavy atom. The van der Waals surface area contributed by atoms with Crippen molar-refractivity contribution in [1.29, 1.82) is 0 Å². The zero-order valence-corrected chi connectivity index (χ0v) is 16.8. The molecule has 0 aromatic heterocycles. The molecule has 0 atom stereocenters. The van der Waals surface area contributed by atoms with Crippen LogP contribution in [0.15, 0.2) is 42.5 Å². The van der Waals surface area contributed by atoms with E-state index in [1.54, 1.807) is 30.3 Å². The van der Waals surface area contributed by atoms with Gasteiger partial charge in [0.1, 0.15) is 12.4 Å². The summed E-state index contributed by atoms with van der Waals surface area (Å²) < 4.78 is 18.9. The van der Waals surface area contributed by atoms with E-state index in [-0.39, 0.29) is 18.3 Å². The molecule has 5 nitrogen and oxygen atoms in total. The molecule has 0 unspecified atom stereocenters. The van der Waals surface area contributed by atoms with Crippen LogP contribution in [0.3, 0.4) is 0 Å². The topological polar surface area (TPSA) is 44.8 Å². The van der Waals surface area contributed by atoms with Gasteiger partial charge in [0.15, 0.2) is 5.75 Å². The molecule has 2 aromatic carbocycles. The molecule has 1 amide bonds. The maximum absolute atomic E-state index is 13.2. The number of halogens is 3. The van der Waals surface area contributed by atoms with Gasteiger partial charge in [-0.2, -0.15) is 0 Å². The Bertz CT molecular complexity index is 794. The first-order valence-electron chi connectivity index (χ1n) is 9.08. The van der Waals surface area contributed by atoms with Crippen LogP contribution in [0.25, 0.3) is 0 Å². The summed E-state index contributed by atoms with van der Waals surface area (Å²) in [6.45, 7) is 4.77. The minimum Gasteiger partial charge on any atom is -0.489 e. The first kappa shape index (κ1) is 20.9. The maximum Gasteiger partial charge on any atom is 0.238 e. The van der Waals surface area contributed by atoms with Crippen molar-refractivity contribution in [2.45, 2.75) is 0 Å². The Morgan fingerprint density at radius 1 is 1.04 bits per heavy atom. The van der Waals surface area contributed by atoms with Crippen molar-refractivity contribution >= 4 is 34.8 Å². The third kappa shape index (κ3) is 6.07. The lowest BCUT2D eigenvalue weighted by Gasteiger charge is -2.34. The highest BCUT2D eigenvalue weighted by molar-refractivity contribution is 6.37. The van der Waals surface area contributed by atoms with Crippen molar-refractivity contribution in [3.05, 3.63) is 58.3 Å². The number of ether oxygens (including phenoxy) is 1. The largest absolute Gasteiger partial charge is 0.489 e. The highest BCUT2D eigenvalue weighted by Gasteiger charge is 2.19. The highest BCUT2D eigenvalue weighted by Crippen LogP contribution is 2.32. The Balaban J connectivity index is 1.37. The first-order chi connectivity index (χ1) is 13.5. The van der Waals surface area contributed by atoms with E-state index in [1.807, 2.05) is 0 Å². The second-order valence-corrected chi connectivity index (χ2v) is 7.39. The molecule has 2 aromatic rings. The molecule has 1 heterocycles. The van der Waals surface area contributed by atoms with Crippen molar-refractivity contribution in [3.8, 4) is 5.75 Å². The van der Waals surface area contributed by atoms with Crippen molar-refractivity contribution in [2.75, 3.05) is 51.2 Å². The molecule has 150 valence electrons. The number of para-hydroxylation sites is 1. The monoisotopic (exact) mass is 425 g/mol. The van der Waals surface area contributed by atoms with Gasteiger partial charge in [0, 0.05) is 38.4 Å². The molecule has 1 N–H and O–H groups in total. The van der Waals surface area contributed by atoms with Gasteiger partial charge in [0.25, 0.3) is 0 Å². The normalized spacial score (nSPS) is 15.4. The van der Waals surface area contributed by atoms with E-state index in [0.29, 0.717) is 28.1 Å². The van der Waals surface area contributed by atoms with Crippen LogP contribution in [-0.2, 0) is 4.79 Å². The highest BCUT2D eigenvalue weighted by atomic mass is 35.5. The Hall–Kier alpha value is -1.86. The van der Waals surface area contributed by atoms with Gasteiger partial charge in [-0.05, 0) is 30.3 Å². The van der Waals surface area contributed by atoms with Gasteiger partial charge in [-0.15, -0.1) is 0 Å². The third-order valence-corrected chi connectivity index (χ3v) is 5.11.